The van der Waals surface area contributed by atoms with Crippen LogP contribution in [-0.2, 0) is 12.4 Å². The Morgan fingerprint density at radius 1 is 0.917 bits per heavy atom. The first-order valence-electron chi connectivity index (χ1n) is 10.7. The van der Waals surface area contributed by atoms with Gasteiger partial charge in [-0.05, 0) is 36.4 Å². The van der Waals surface area contributed by atoms with Crippen LogP contribution in [0.1, 0.15) is 6.92 Å². The maximum absolute atomic E-state index is 11.4. The number of para-hydroxylation sites is 2. The number of amides is 1. The first kappa shape index (κ1) is 25.0. The van der Waals surface area contributed by atoms with Gasteiger partial charge in [0.1, 0.15) is 12.1 Å². The zero-order chi connectivity index (χ0) is 25.5. The van der Waals surface area contributed by atoms with Crippen LogP contribution >= 0.6 is 0 Å². The summed E-state index contributed by atoms with van der Waals surface area (Å²) in [6.07, 6.45) is 3.38. The predicted molar refractivity (Wildman–Crippen MR) is 137 cm³/mol. The molecule has 1 amide bonds. The fourth-order valence-electron chi connectivity index (χ4n) is 3.45. The zero-order valence-corrected chi connectivity index (χ0v) is 20.9. The van der Waals surface area contributed by atoms with Gasteiger partial charge in [-0.25, -0.2) is 9.97 Å². The third-order valence-corrected chi connectivity index (χ3v) is 7.60. The molecule has 0 fully saturated rings. The number of rotatable bonds is 5. The largest absolute Gasteiger partial charge is 0.340 e. The molecule has 0 saturated heterocycles. The van der Waals surface area contributed by atoms with Gasteiger partial charge in [-0.3, -0.25) is 4.98 Å². The SMILES string of the molecule is CC(=O)Nc1ccccc1[As](=O)(O)OO.c1cnc2ccc(Nc3ncnc4ccccc34)cc2c1. The van der Waals surface area contributed by atoms with E-state index in [0.717, 1.165) is 33.3 Å². The summed E-state index contributed by atoms with van der Waals surface area (Å²) in [5.41, 5.74) is 3.05. The molecule has 11 heteroatoms. The molecule has 1 unspecified atom stereocenters. The first-order chi connectivity index (χ1) is 17.4. The standard InChI is InChI=1S/C17H12N4.C8H10AsNO5/c1-2-6-16-14(5-1)17(20-11-19-16)21-13-7-8-15-12(10-13)4-3-9-18-15;1-6(11)10-8-5-3-2-4-7(8)9(12,13)15-14/h1-11H,(H,19,20,21);2-5,14H,1H3,(H,10,11)(H,12,13). The summed E-state index contributed by atoms with van der Waals surface area (Å²) in [7, 11) is 0. The maximum Gasteiger partial charge on any atom is 0.141 e. The summed E-state index contributed by atoms with van der Waals surface area (Å²) < 4.78 is 24.1. The van der Waals surface area contributed by atoms with Crippen molar-refractivity contribution >= 4 is 63.4 Å². The van der Waals surface area contributed by atoms with E-state index >= 15 is 0 Å². The van der Waals surface area contributed by atoms with Crippen LogP contribution in [0, 0.1) is 0 Å². The van der Waals surface area contributed by atoms with E-state index < -0.39 is 14.2 Å². The van der Waals surface area contributed by atoms with Crippen molar-refractivity contribution in [1.82, 2.24) is 15.0 Å². The molecule has 5 aromatic rings. The van der Waals surface area contributed by atoms with Crippen LogP contribution < -0.4 is 15.0 Å². The second-order valence-corrected chi connectivity index (χ2v) is 11.1. The van der Waals surface area contributed by atoms with E-state index in [0.29, 0.717) is 0 Å². The summed E-state index contributed by atoms with van der Waals surface area (Å²) >= 11 is -4.92. The number of aromatic nitrogens is 3. The van der Waals surface area contributed by atoms with E-state index in [-0.39, 0.29) is 15.9 Å². The number of anilines is 3. The molecule has 0 radical (unpaired) electrons. The van der Waals surface area contributed by atoms with Crippen molar-refractivity contribution in [3.8, 4) is 0 Å². The molecule has 5 rings (SSSR count). The number of carbonyl (C=O) groups is 1. The first-order valence-corrected chi connectivity index (χ1v) is 14.0. The molecule has 3 aromatic carbocycles. The Kier molecular flexibility index (Phi) is 7.72. The Morgan fingerprint density at radius 2 is 1.69 bits per heavy atom. The Hall–Kier alpha value is -4.08. The van der Waals surface area contributed by atoms with E-state index in [9.17, 15) is 12.6 Å². The average Bonchev–Trinajstić information content (AvgIpc) is 2.89. The van der Waals surface area contributed by atoms with Crippen LogP contribution in [0.5, 0.6) is 0 Å². The van der Waals surface area contributed by atoms with Crippen molar-refractivity contribution in [3.63, 3.8) is 0 Å². The molecule has 0 aliphatic rings. The molecule has 4 N–H and O–H groups in total. The summed E-state index contributed by atoms with van der Waals surface area (Å²) in [6.45, 7) is 1.27. The minimum Gasteiger partial charge on any atom is -0.340 e. The molecule has 36 heavy (non-hydrogen) atoms. The van der Waals surface area contributed by atoms with Crippen molar-refractivity contribution in [2.24, 2.45) is 0 Å². The average molecular weight is 547 g/mol. The second-order valence-electron chi connectivity index (χ2n) is 7.58. The van der Waals surface area contributed by atoms with Crippen LogP contribution in [0.3, 0.4) is 0 Å². The second kappa shape index (κ2) is 11.1. The van der Waals surface area contributed by atoms with Gasteiger partial charge in [-0.1, -0.05) is 18.2 Å². The van der Waals surface area contributed by atoms with Gasteiger partial charge in [0.25, 0.3) is 0 Å². The van der Waals surface area contributed by atoms with E-state index in [4.69, 9.17) is 5.26 Å². The number of hydrogen-bond acceptors (Lipinski definition) is 8. The number of nitrogens with one attached hydrogen (secondary N) is 2. The van der Waals surface area contributed by atoms with Crippen LogP contribution in [0.4, 0.5) is 17.2 Å². The molecule has 0 spiro atoms. The van der Waals surface area contributed by atoms with E-state index in [1.54, 1.807) is 18.6 Å². The molecule has 0 saturated carbocycles. The normalized spacial score (nSPS) is 12.3. The van der Waals surface area contributed by atoms with Crippen molar-refractivity contribution in [2.45, 2.75) is 6.92 Å². The van der Waals surface area contributed by atoms with Gasteiger partial charge in [-0.15, -0.1) is 0 Å². The number of nitrogens with zero attached hydrogens (tertiary/aromatic N) is 3. The van der Waals surface area contributed by atoms with E-state index in [2.05, 4.69) is 35.5 Å². The Morgan fingerprint density at radius 3 is 2.50 bits per heavy atom. The monoisotopic (exact) mass is 547 g/mol. The van der Waals surface area contributed by atoms with Gasteiger partial charge < -0.3 is 5.32 Å². The van der Waals surface area contributed by atoms with Gasteiger partial charge >= 0.3 is 88.4 Å². The molecule has 182 valence electrons. The molecule has 0 aliphatic heterocycles. The molecule has 10 nitrogen and oxygen atoms in total. The quantitative estimate of drug-likeness (QED) is 0.147. The Labute approximate surface area is 208 Å². The van der Waals surface area contributed by atoms with Crippen molar-refractivity contribution in [1.29, 1.82) is 0 Å². The van der Waals surface area contributed by atoms with Gasteiger partial charge in [0.15, 0.2) is 0 Å². The van der Waals surface area contributed by atoms with E-state index in [1.807, 2.05) is 48.5 Å². The fourth-order valence-corrected chi connectivity index (χ4v) is 5.13. The third-order valence-electron chi connectivity index (χ3n) is 5.04. The van der Waals surface area contributed by atoms with Gasteiger partial charge in [0, 0.05) is 22.7 Å². The summed E-state index contributed by atoms with van der Waals surface area (Å²) in [4.78, 5) is 23.7. The number of hydrogen-bond donors (Lipinski definition) is 4. The number of benzene rings is 3. The van der Waals surface area contributed by atoms with E-state index in [1.165, 1.54) is 25.1 Å². The third kappa shape index (κ3) is 5.94. The van der Waals surface area contributed by atoms with Gasteiger partial charge in [-0.2, -0.15) is 0 Å². The summed E-state index contributed by atoms with van der Waals surface area (Å²) in [6, 6.07) is 23.9. The number of pyridine rings is 1. The summed E-state index contributed by atoms with van der Waals surface area (Å²) in [5, 5.41) is 16.1. The molecule has 1 atom stereocenters. The van der Waals surface area contributed by atoms with Crippen LogP contribution in [0.25, 0.3) is 21.8 Å². The van der Waals surface area contributed by atoms with Gasteiger partial charge in [0.05, 0.1) is 11.0 Å². The number of carbonyl (C=O) groups excluding carboxylic acids is 1. The van der Waals surface area contributed by atoms with Crippen LogP contribution in [0.2, 0.25) is 0 Å². The smallest absolute Gasteiger partial charge is 0.141 e. The van der Waals surface area contributed by atoms with Crippen LogP contribution in [-0.4, -0.2) is 44.4 Å². The van der Waals surface area contributed by atoms with Crippen molar-refractivity contribution in [2.75, 3.05) is 10.6 Å². The Balaban J connectivity index is 0.000000181. The summed E-state index contributed by atoms with van der Waals surface area (Å²) in [5.74, 6) is 0.430. The molecule has 0 bridgehead atoms. The molecule has 2 aromatic heterocycles. The Bertz CT molecular complexity index is 1570. The van der Waals surface area contributed by atoms with Gasteiger partial charge in [0.2, 0.25) is 0 Å². The molecule has 0 aliphatic carbocycles. The molecular formula is C25H22AsN5O5. The maximum atomic E-state index is 11.4. The zero-order valence-electron chi connectivity index (χ0n) is 19.1. The topological polar surface area (TPSA) is 147 Å². The minimum atomic E-state index is -4.92. The fraction of sp³-hybridized carbons (Fsp3) is 0.0400. The molecular weight excluding hydrogens is 525 g/mol. The van der Waals surface area contributed by atoms with Crippen molar-refractivity contribution in [3.05, 3.63) is 91.4 Å². The predicted octanol–water partition coefficient (Wildman–Crippen LogP) is 3.62. The minimum absolute atomic E-state index is 0.103. The van der Waals surface area contributed by atoms with Crippen LogP contribution in [0.15, 0.2) is 91.4 Å². The van der Waals surface area contributed by atoms with Crippen molar-refractivity contribution < 1.29 is 21.8 Å². The molecule has 2 heterocycles. The number of fused-ring (bicyclic) bond motifs is 2.